The van der Waals surface area contributed by atoms with E-state index in [-0.39, 0.29) is 10.8 Å². The monoisotopic (exact) mass is 471 g/mol. The molecule has 0 atom stereocenters. The van der Waals surface area contributed by atoms with Crippen LogP contribution in [0.4, 0.5) is 10.8 Å². The molecule has 168 valence electrons. The third-order valence-electron chi connectivity index (χ3n) is 5.52. The van der Waals surface area contributed by atoms with E-state index in [0.717, 1.165) is 31.4 Å². The number of methoxy groups -OCH3 is 1. The molecule has 0 aliphatic heterocycles. The molecule has 0 radical (unpaired) electrons. The molecule has 0 spiro atoms. The highest BCUT2D eigenvalue weighted by molar-refractivity contribution is 7.92. The summed E-state index contributed by atoms with van der Waals surface area (Å²) in [4.78, 5) is 18.6. The molecule has 1 amide bonds. The van der Waals surface area contributed by atoms with E-state index in [1.54, 1.807) is 24.3 Å². The second-order valence-electron chi connectivity index (χ2n) is 7.57. The topological polar surface area (TPSA) is 88.6 Å². The van der Waals surface area contributed by atoms with Gasteiger partial charge in [0.05, 0.1) is 23.4 Å². The number of rotatable bonds is 6. The lowest BCUT2D eigenvalue weighted by Crippen LogP contribution is -2.27. The second kappa shape index (κ2) is 9.30. The summed E-state index contributed by atoms with van der Waals surface area (Å²) in [6.45, 7) is 0. The van der Waals surface area contributed by atoms with E-state index in [1.807, 2.05) is 0 Å². The van der Waals surface area contributed by atoms with E-state index in [1.165, 1.54) is 65.4 Å². The third kappa shape index (κ3) is 4.49. The number of hydrogen-bond donors (Lipinski definition) is 1. The van der Waals surface area contributed by atoms with Gasteiger partial charge in [0.25, 0.3) is 15.9 Å². The first-order valence-electron chi connectivity index (χ1n) is 10.4. The van der Waals surface area contributed by atoms with Crippen LogP contribution in [0.3, 0.4) is 0 Å². The van der Waals surface area contributed by atoms with Crippen LogP contribution in [0.25, 0.3) is 0 Å². The predicted octanol–water partition coefficient (Wildman–Crippen LogP) is 4.50. The summed E-state index contributed by atoms with van der Waals surface area (Å²) in [7, 11) is -0.855. The Morgan fingerprint density at radius 2 is 1.78 bits per heavy atom. The van der Waals surface area contributed by atoms with Crippen molar-refractivity contribution in [1.82, 2.24) is 4.98 Å². The molecule has 0 unspecified atom stereocenters. The number of carbonyl (C=O) groups is 1. The molecule has 0 bridgehead atoms. The molecule has 1 aromatic heterocycles. The van der Waals surface area contributed by atoms with Gasteiger partial charge in [0.2, 0.25) is 0 Å². The molecular formula is C23H25N3O4S2. The van der Waals surface area contributed by atoms with E-state index < -0.39 is 10.0 Å². The van der Waals surface area contributed by atoms with Crippen molar-refractivity contribution in [3.63, 3.8) is 0 Å². The largest absolute Gasteiger partial charge is 0.495 e. The van der Waals surface area contributed by atoms with Crippen LogP contribution >= 0.6 is 11.3 Å². The van der Waals surface area contributed by atoms with Crippen LogP contribution in [0.15, 0.2) is 53.4 Å². The van der Waals surface area contributed by atoms with Crippen molar-refractivity contribution in [2.45, 2.75) is 37.0 Å². The number of benzene rings is 2. The normalized spacial score (nSPS) is 13.7. The summed E-state index contributed by atoms with van der Waals surface area (Å²) in [5.74, 6) is 0.146. The number of amides is 1. The lowest BCUT2D eigenvalue weighted by molar-refractivity contribution is 0.102. The van der Waals surface area contributed by atoms with Gasteiger partial charge >= 0.3 is 0 Å². The van der Waals surface area contributed by atoms with Crippen LogP contribution in [0.1, 0.15) is 40.2 Å². The Morgan fingerprint density at radius 3 is 2.53 bits per heavy atom. The Morgan fingerprint density at radius 1 is 1.06 bits per heavy atom. The van der Waals surface area contributed by atoms with Crippen molar-refractivity contribution in [1.29, 1.82) is 0 Å². The highest BCUT2D eigenvalue weighted by atomic mass is 32.2. The van der Waals surface area contributed by atoms with E-state index in [2.05, 4.69) is 10.3 Å². The van der Waals surface area contributed by atoms with E-state index in [0.29, 0.717) is 22.1 Å². The maximum absolute atomic E-state index is 13.1. The van der Waals surface area contributed by atoms with E-state index in [9.17, 15) is 13.2 Å². The van der Waals surface area contributed by atoms with Gasteiger partial charge in [-0.25, -0.2) is 13.4 Å². The average molecular weight is 472 g/mol. The number of nitrogens with zero attached hydrogens (tertiary/aromatic N) is 2. The number of para-hydroxylation sites is 2. The molecular weight excluding hydrogens is 446 g/mol. The van der Waals surface area contributed by atoms with Crippen molar-refractivity contribution in [3.05, 3.63) is 64.7 Å². The minimum Gasteiger partial charge on any atom is -0.495 e. The zero-order chi connectivity index (χ0) is 22.7. The molecule has 3 aromatic rings. The number of hydrogen-bond acceptors (Lipinski definition) is 6. The van der Waals surface area contributed by atoms with Gasteiger partial charge in [-0.2, -0.15) is 0 Å². The van der Waals surface area contributed by atoms with Gasteiger partial charge in [0.1, 0.15) is 5.75 Å². The summed E-state index contributed by atoms with van der Waals surface area (Å²) in [5, 5.41) is 3.44. The number of carbonyl (C=O) groups excluding carboxylic acids is 1. The summed E-state index contributed by atoms with van der Waals surface area (Å²) in [5.41, 5.74) is 1.89. The maximum Gasteiger partial charge on any atom is 0.264 e. The Kier molecular flexibility index (Phi) is 6.48. The first kappa shape index (κ1) is 22.3. The van der Waals surface area contributed by atoms with Crippen molar-refractivity contribution >= 4 is 38.1 Å². The Hall–Kier alpha value is -2.91. The molecule has 2 aromatic carbocycles. The van der Waals surface area contributed by atoms with Crippen LogP contribution in [-0.4, -0.2) is 33.5 Å². The quantitative estimate of drug-likeness (QED) is 0.535. The second-order valence-corrected chi connectivity index (χ2v) is 10.6. The maximum atomic E-state index is 13.1. The fourth-order valence-corrected chi connectivity index (χ4v) is 5.96. The number of aromatic nitrogens is 1. The molecule has 4 rings (SSSR count). The van der Waals surface area contributed by atoms with Crippen LogP contribution in [0.2, 0.25) is 0 Å². The highest BCUT2D eigenvalue weighted by Gasteiger charge is 2.24. The Balaban J connectivity index is 1.50. The summed E-state index contributed by atoms with van der Waals surface area (Å²) in [6, 6.07) is 12.8. The van der Waals surface area contributed by atoms with Crippen molar-refractivity contribution < 1.29 is 17.9 Å². The minimum absolute atomic E-state index is 0.0865. The van der Waals surface area contributed by atoms with E-state index >= 15 is 0 Å². The molecule has 32 heavy (non-hydrogen) atoms. The SMILES string of the molecule is COc1ccccc1N(C)S(=O)(=O)c1ccc(C(=O)Nc2nc3c(s2)CCCCC3)cc1. The van der Waals surface area contributed by atoms with Gasteiger partial charge in [0.15, 0.2) is 5.13 Å². The number of thiazole rings is 1. The van der Waals surface area contributed by atoms with Crippen LogP contribution in [0, 0.1) is 0 Å². The van der Waals surface area contributed by atoms with Crippen molar-refractivity contribution in [2.24, 2.45) is 0 Å². The number of aryl methyl sites for hydroxylation is 2. The lowest BCUT2D eigenvalue weighted by Gasteiger charge is -2.21. The van der Waals surface area contributed by atoms with Gasteiger partial charge in [0, 0.05) is 17.5 Å². The van der Waals surface area contributed by atoms with Gasteiger partial charge < -0.3 is 4.74 Å². The summed E-state index contributed by atoms with van der Waals surface area (Å²) in [6.07, 6.45) is 5.46. The first-order valence-corrected chi connectivity index (χ1v) is 12.7. The summed E-state index contributed by atoms with van der Waals surface area (Å²) >= 11 is 1.53. The van der Waals surface area contributed by atoms with Gasteiger partial charge in [-0.3, -0.25) is 14.4 Å². The Labute approximate surface area is 192 Å². The standard InChI is InChI=1S/C23H25N3O4S2/c1-26(19-9-6-7-10-20(19)30-2)32(28,29)17-14-12-16(13-15-17)22(27)25-23-24-18-8-4-3-5-11-21(18)31-23/h6-7,9-10,12-15H,3-5,8,11H2,1-2H3,(H,24,25,27). The zero-order valence-corrected chi connectivity index (χ0v) is 19.6. The Bertz CT molecular complexity index is 1200. The molecule has 0 saturated heterocycles. The van der Waals surface area contributed by atoms with Crippen LogP contribution in [0.5, 0.6) is 5.75 Å². The molecule has 1 N–H and O–H groups in total. The number of nitrogens with one attached hydrogen (secondary N) is 1. The molecule has 1 aliphatic rings. The molecule has 0 fully saturated rings. The molecule has 0 saturated carbocycles. The van der Waals surface area contributed by atoms with Gasteiger partial charge in [-0.05, 0) is 62.1 Å². The zero-order valence-electron chi connectivity index (χ0n) is 18.0. The van der Waals surface area contributed by atoms with Gasteiger partial charge in [-0.1, -0.05) is 18.6 Å². The van der Waals surface area contributed by atoms with Crippen molar-refractivity contribution in [2.75, 3.05) is 23.8 Å². The lowest BCUT2D eigenvalue weighted by atomic mass is 10.2. The van der Waals surface area contributed by atoms with Gasteiger partial charge in [-0.15, -0.1) is 11.3 Å². The number of ether oxygens (including phenoxy) is 1. The first-order chi connectivity index (χ1) is 15.4. The summed E-state index contributed by atoms with van der Waals surface area (Å²) < 4.78 is 32.6. The number of fused-ring (bicyclic) bond motifs is 1. The van der Waals surface area contributed by atoms with Crippen molar-refractivity contribution in [3.8, 4) is 5.75 Å². The number of sulfonamides is 1. The van der Waals surface area contributed by atoms with Crippen LogP contribution < -0.4 is 14.4 Å². The molecule has 1 aliphatic carbocycles. The van der Waals surface area contributed by atoms with Crippen LogP contribution in [-0.2, 0) is 22.9 Å². The smallest absolute Gasteiger partial charge is 0.264 e. The highest BCUT2D eigenvalue weighted by Crippen LogP contribution is 2.31. The molecule has 9 heteroatoms. The predicted molar refractivity (Wildman–Crippen MR) is 126 cm³/mol. The molecule has 7 nitrogen and oxygen atoms in total. The fourth-order valence-electron chi connectivity index (χ4n) is 3.71. The fraction of sp³-hybridized carbons (Fsp3) is 0.304. The minimum atomic E-state index is -3.82. The average Bonchev–Trinajstić information content (AvgIpc) is 3.06. The third-order valence-corrected chi connectivity index (χ3v) is 8.37. The number of anilines is 2. The molecule has 1 heterocycles. The van der Waals surface area contributed by atoms with E-state index in [4.69, 9.17) is 4.74 Å².